The minimum Gasteiger partial charge on any atom is -0.269 e. The Morgan fingerprint density at radius 2 is 1.87 bits per heavy atom. The number of halogens is 2. The van der Waals surface area contributed by atoms with Gasteiger partial charge in [-0.25, -0.2) is 0 Å². The standard InChI is InChI=1S/C16H12Cl2N4O/c1-10-15(20-19-14-9-11(17)7-8-13(14)18)16(23)22(21-10)12-5-3-2-4-6-12/h2-9,15H,1H3/t15-/m1/s1. The zero-order valence-electron chi connectivity index (χ0n) is 12.1. The highest BCUT2D eigenvalue weighted by Crippen LogP contribution is 2.29. The van der Waals surface area contributed by atoms with Crippen molar-refractivity contribution in [2.75, 3.05) is 5.01 Å². The molecular formula is C16H12Cl2N4O. The topological polar surface area (TPSA) is 57.4 Å². The van der Waals surface area contributed by atoms with Gasteiger partial charge in [-0.15, -0.1) is 0 Å². The van der Waals surface area contributed by atoms with Gasteiger partial charge < -0.3 is 0 Å². The number of carbonyl (C=O) groups is 1. The smallest absolute Gasteiger partial charge is 0.269 e. The average molecular weight is 347 g/mol. The molecule has 0 spiro atoms. The first kappa shape index (κ1) is 15.6. The molecule has 116 valence electrons. The molecule has 7 heteroatoms. The van der Waals surface area contributed by atoms with E-state index in [2.05, 4.69) is 15.3 Å². The van der Waals surface area contributed by atoms with E-state index < -0.39 is 6.04 Å². The lowest BCUT2D eigenvalue weighted by Crippen LogP contribution is -2.29. The Labute approximate surface area is 143 Å². The molecule has 0 saturated carbocycles. The molecule has 2 aromatic carbocycles. The minimum atomic E-state index is -0.759. The van der Waals surface area contributed by atoms with E-state index in [-0.39, 0.29) is 5.91 Å². The summed E-state index contributed by atoms with van der Waals surface area (Å²) in [5.74, 6) is -0.254. The van der Waals surface area contributed by atoms with Gasteiger partial charge >= 0.3 is 0 Å². The summed E-state index contributed by atoms with van der Waals surface area (Å²) in [5.41, 5.74) is 1.68. The van der Waals surface area contributed by atoms with Crippen LogP contribution in [0, 0.1) is 0 Å². The maximum Gasteiger partial charge on any atom is 0.280 e. The van der Waals surface area contributed by atoms with Crippen molar-refractivity contribution in [1.82, 2.24) is 0 Å². The zero-order valence-corrected chi connectivity index (χ0v) is 13.7. The number of hydrazone groups is 1. The highest BCUT2D eigenvalue weighted by atomic mass is 35.5. The number of benzene rings is 2. The average Bonchev–Trinajstić information content (AvgIpc) is 2.84. The maximum absolute atomic E-state index is 12.5. The van der Waals surface area contributed by atoms with Crippen LogP contribution < -0.4 is 5.01 Å². The molecule has 0 unspecified atom stereocenters. The number of hydrogen-bond donors (Lipinski definition) is 0. The van der Waals surface area contributed by atoms with Gasteiger partial charge in [0.15, 0.2) is 6.04 Å². The van der Waals surface area contributed by atoms with Crippen LogP contribution in [-0.2, 0) is 4.79 Å². The second kappa shape index (κ2) is 6.48. The molecule has 0 N–H and O–H groups in total. The molecule has 1 atom stereocenters. The molecule has 23 heavy (non-hydrogen) atoms. The highest BCUT2D eigenvalue weighted by Gasteiger charge is 2.34. The van der Waals surface area contributed by atoms with Crippen LogP contribution in [0.4, 0.5) is 11.4 Å². The van der Waals surface area contributed by atoms with E-state index in [1.54, 1.807) is 25.1 Å². The molecule has 5 nitrogen and oxygen atoms in total. The van der Waals surface area contributed by atoms with Gasteiger partial charge in [0.05, 0.1) is 16.4 Å². The normalized spacial score (nSPS) is 17.9. The molecule has 0 radical (unpaired) electrons. The van der Waals surface area contributed by atoms with E-state index in [0.717, 1.165) is 0 Å². The number of amides is 1. The van der Waals surface area contributed by atoms with E-state index in [9.17, 15) is 4.79 Å². The molecule has 3 rings (SSSR count). The fourth-order valence-corrected chi connectivity index (χ4v) is 2.45. The molecular weight excluding hydrogens is 335 g/mol. The van der Waals surface area contributed by atoms with Crippen LogP contribution >= 0.6 is 23.2 Å². The van der Waals surface area contributed by atoms with Crippen molar-refractivity contribution in [3.63, 3.8) is 0 Å². The summed E-state index contributed by atoms with van der Waals surface area (Å²) >= 11 is 12.0. The first-order valence-corrected chi connectivity index (χ1v) is 7.62. The molecule has 0 aromatic heterocycles. The van der Waals surface area contributed by atoms with Crippen molar-refractivity contribution in [2.24, 2.45) is 15.3 Å². The number of azo groups is 1. The minimum absolute atomic E-state index is 0.254. The van der Waals surface area contributed by atoms with Gasteiger partial charge in [0.1, 0.15) is 5.69 Å². The SMILES string of the molecule is CC1=NN(c2ccccc2)C(=O)[C@@H]1N=Nc1cc(Cl)ccc1Cl. The van der Waals surface area contributed by atoms with Crippen molar-refractivity contribution >= 4 is 46.2 Å². The Morgan fingerprint density at radius 3 is 2.61 bits per heavy atom. The van der Waals surface area contributed by atoms with Crippen LogP contribution in [0.5, 0.6) is 0 Å². The van der Waals surface area contributed by atoms with Gasteiger partial charge in [-0.2, -0.15) is 20.3 Å². The van der Waals surface area contributed by atoms with Crippen LogP contribution in [0.3, 0.4) is 0 Å². The molecule has 0 saturated heterocycles. The fourth-order valence-electron chi connectivity index (χ4n) is 2.13. The van der Waals surface area contributed by atoms with Crippen molar-refractivity contribution in [3.05, 3.63) is 58.6 Å². The molecule has 2 aromatic rings. The number of anilines is 1. The van der Waals surface area contributed by atoms with Crippen LogP contribution in [0.1, 0.15) is 6.92 Å². The van der Waals surface area contributed by atoms with Gasteiger partial charge in [0.25, 0.3) is 5.91 Å². The van der Waals surface area contributed by atoms with Crippen molar-refractivity contribution in [3.8, 4) is 0 Å². The van der Waals surface area contributed by atoms with Crippen molar-refractivity contribution in [2.45, 2.75) is 13.0 Å². The summed E-state index contributed by atoms with van der Waals surface area (Å²) in [7, 11) is 0. The monoisotopic (exact) mass is 346 g/mol. The van der Waals surface area contributed by atoms with E-state index in [4.69, 9.17) is 23.2 Å². The third-order valence-electron chi connectivity index (χ3n) is 3.29. The lowest BCUT2D eigenvalue weighted by Gasteiger charge is -2.11. The molecule has 1 aliphatic heterocycles. The van der Waals surface area contributed by atoms with Crippen molar-refractivity contribution < 1.29 is 4.79 Å². The van der Waals surface area contributed by atoms with Gasteiger partial charge in [0.2, 0.25) is 0 Å². The molecule has 0 bridgehead atoms. The summed E-state index contributed by atoms with van der Waals surface area (Å²) in [4.78, 5) is 12.5. The van der Waals surface area contributed by atoms with Gasteiger partial charge in [0, 0.05) is 5.02 Å². The summed E-state index contributed by atoms with van der Waals surface area (Å²) in [6, 6.07) is 13.3. The quantitative estimate of drug-likeness (QED) is 0.731. The molecule has 1 heterocycles. The Balaban J connectivity index is 1.85. The fraction of sp³-hybridized carbons (Fsp3) is 0.125. The lowest BCUT2D eigenvalue weighted by atomic mass is 10.2. The molecule has 1 aliphatic rings. The van der Waals surface area contributed by atoms with E-state index in [1.165, 1.54) is 5.01 Å². The predicted octanol–water partition coefficient (Wildman–Crippen LogP) is 4.87. The van der Waals surface area contributed by atoms with Gasteiger partial charge in [-0.3, -0.25) is 4.79 Å². The number of nitrogens with zero attached hydrogens (tertiary/aromatic N) is 4. The van der Waals surface area contributed by atoms with E-state index in [0.29, 0.717) is 27.1 Å². The Kier molecular flexibility index (Phi) is 4.41. The Bertz CT molecular complexity index is 805. The number of carbonyl (C=O) groups excluding carboxylic acids is 1. The number of rotatable bonds is 3. The summed E-state index contributed by atoms with van der Waals surface area (Å²) in [6.07, 6.45) is 0. The summed E-state index contributed by atoms with van der Waals surface area (Å²) in [6.45, 7) is 1.74. The van der Waals surface area contributed by atoms with Crippen LogP contribution in [0.15, 0.2) is 63.9 Å². The third-order valence-corrected chi connectivity index (χ3v) is 3.84. The van der Waals surface area contributed by atoms with E-state index in [1.807, 2.05) is 30.3 Å². The first-order valence-electron chi connectivity index (χ1n) is 6.86. The third kappa shape index (κ3) is 3.25. The summed E-state index contributed by atoms with van der Waals surface area (Å²) in [5, 5.41) is 14.7. The number of hydrogen-bond acceptors (Lipinski definition) is 4. The second-order valence-electron chi connectivity index (χ2n) is 4.94. The predicted molar refractivity (Wildman–Crippen MR) is 91.8 cm³/mol. The Morgan fingerprint density at radius 1 is 1.13 bits per heavy atom. The maximum atomic E-state index is 12.5. The van der Waals surface area contributed by atoms with Gasteiger partial charge in [-0.05, 0) is 37.3 Å². The van der Waals surface area contributed by atoms with Gasteiger partial charge in [-0.1, -0.05) is 41.4 Å². The number of para-hydroxylation sites is 1. The first-order chi connectivity index (χ1) is 11.1. The molecule has 0 aliphatic carbocycles. The van der Waals surface area contributed by atoms with Crippen LogP contribution in [-0.4, -0.2) is 17.7 Å². The zero-order chi connectivity index (χ0) is 16.4. The second-order valence-corrected chi connectivity index (χ2v) is 5.78. The highest BCUT2D eigenvalue weighted by molar-refractivity contribution is 6.35. The molecule has 0 fully saturated rings. The Hall–Kier alpha value is -2.24. The largest absolute Gasteiger partial charge is 0.280 e. The van der Waals surface area contributed by atoms with Crippen molar-refractivity contribution in [1.29, 1.82) is 0 Å². The summed E-state index contributed by atoms with van der Waals surface area (Å²) < 4.78 is 0. The van der Waals surface area contributed by atoms with Crippen LogP contribution in [0.2, 0.25) is 10.0 Å². The molecule has 1 amide bonds. The van der Waals surface area contributed by atoms with E-state index >= 15 is 0 Å². The lowest BCUT2D eigenvalue weighted by molar-refractivity contribution is -0.117. The van der Waals surface area contributed by atoms with Crippen LogP contribution in [0.25, 0.3) is 0 Å².